The van der Waals surface area contributed by atoms with Crippen LogP contribution >= 0.6 is 0 Å². The summed E-state index contributed by atoms with van der Waals surface area (Å²) < 4.78 is 137. The van der Waals surface area contributed by atoms with Crippen molar-refractivity contribution in [1.82, 2.24) is 0 Å². The average molecular weight is 336 g/mol. The van der Waals surface area contributed by atoms with Crippen LogP contribution in [0.1, 0.15) is 1.43 Å². The summed E-state index contributed by atoms with van der Waals surface area (Å²) in [5.74, 6) is -14.3. The molecule has 4 nitrogen and oxygen atoms in total. The van der Waals surface area contributed by atoms with Gasteiger partial charge < -0.3 is 10.5 Å². The predicted octanol–water partition coefficient (Wildman–Crippen LogP) is -1.68. The smallest absolute Gasteiger partial charge is 1.00 e. The first kappa shape index (κ1) is 21.6. The van der Waals surface area contributed by atoms with Gasteiger partial charge in [0.25, 0.3) is 0 Å². The molecule has 0 aromatic carbocycles. The first-order valence-electron chi connectivity index (χ1n) is 3.34. The minimum atomic E-state index is -7.14. The van der Waals surface area contributed by atoms with Gasteiger partial charge in [-0.15, -0.1) is 0 Å². The normalized spacial score (nSPS) is 17.6. The average Bonchev–Trinajstić information content (AvgIpc) is 2.15. The minimum absolute atomic E-state index is 0. The molecule has 19 heavy (non-hydrogen) atoms. The van der Waals surface area contributed by atoms with Crippen LogP contribution in [0.5, 0.6) is 0 Å². The molecule has 0 aromatic heterocycles. The maximum atomic E-state index is 12.4. The second kappa shape index (κ2) is 5.94. The number of halogens is 8. The largest absolute Gasteiger partial charge is 1.00 e. The van der Waals surface area contributed by atoms with E-state index in [0.717, 1.165) is 0 Å². The number of hydrogen-bond acceptors (Lipinski definition) is 4. The molecule has 2 atom stereocenters. The van der Waals surface area contributed by atoms with Crippen molar-refractivity contribution in [3.05, 3.63) is 0 Å². The molecule has 0 bridgehead atoms. The molecule has 0 heterocycles. The van der Waals surface area contributed by atoms with Crippen LogP contribution in [0.2, 0.25) is 0 Å². The topological polar surface area (TPSA) is 80.3 Å². The second-order valence-corrected chi connectivity index (χ2v) is 4.62. The van der Waals surface area contributed by atoms with Crippen molar-refractivity contribution in [2.75, 3.05) is 0 Å². The summed E-state index contributed by atoms with van der Waals surface area (Å²) in [6.45, 7) is 0. The molecule has 0 aliphatic heterocycles. The van der Waals surface area contributed by atoms with Crippen LogP contribution < -0.4 is 18.9 Å². The second-order valence-electron chi connectivity index (χ2n) is 2.65. The Morgan fingerprint density at radius 2 is 0.842 bits per heavy atom. The van der Waals surface area contributed by atoms with Gasteiger partial charge in [0.05, 0.1) is 0 Å². The molecule has 0 spiro atoms. The number of hydrogen-bond donors (Lipinski definition) is 0. The van der Waals surface area contributed by atoms with Crippen LogP contribution in [0.3, 0.4) is 0 Å². The quantitative estimate of drug-likeness (QED) is 0.341. The van der Waals surface area contributed by atoms with Gasteiger partial charge in [-0.25, -0.2) is 0 Å². The molecule has 0 rings (SSSR count). The van der Waals surface area contributed by atoms with Crippen molar-refractivity contribution in [2.24, 2.45) is 0 Å². The molecule has 0 aliphatic carbocycles. The van der Waals surface area contributed by atoms with E-state index in [1.807, 2.05) is 0 Å². The Balaban J connectivity index is -0.00000144. The maximum Gasteiger partial charge on any atom is 1.00 e. The van der Waals surface area contributed by atoms with Crippen LogP contribution in [-0.2, 0) is 22.2 Å². The summed E-state index contributed by atoms with van der Waals surface area (Å²) in [5, 5.41) is -13.2. The Morgan fingerprint density at radius 1 is 0.684 bits per heavy atom. The van der Waals surface area contributed by atoms with E-state index in [2.05, 4.69) is 0 Å². The van der Waals surface area contributed by atoms with E-state index in [4.69, 9.17) is 0 Å². The molecule has 0 aliphatic rings. The van der Waals surface area contributed by atoms with Gasteiger partial charge in [0, 0.05) is 22.2 Å². The number of rotatable bonds is 5. The molecule has 0 saturated carbocycles. The van der Waals surface area contributed by atoms with E-state index in [9.17, 15) is 52.6 Å². The fourth-order valence-corrected chi connectivity index (χ4v) is 1.25. The number of alkyl halides is 8. The van der Waals surface area contributed by atoms with Crippen LogP contribution in [0.25, 0.3) is 0 Å². The molecule has 0 saturated heterocycles. The van der Waals surface area contributed by atoms with E-state index in [-0.39, 0.29) is 20.3 Å². The summed E-state index contributed by atoms with van der Waals surface area (Å²) in [6.07, 6.45) is 0. The first-order chi connectivity index (χ1) is 7.64. The summed E-state index contributed by atoms with van der Waals surface area (Å²) in [7, 11) is 0. The van der Waals surface area contributed by atoms with Gasteiger partial charge in [-0.05, 0) is 0 Å². The van der Waals surface area contributed by atoms with E-state index in [0.29, 0.717) is 0 Å². The van der Waals surface area contributed by atoms with Crippen molar-refractivity contribution < 1.29 is 72.9 Å². The Bertz CT molecular complexity index is 357. The van der Waals surface area contributed by atoms with Crippen LogP contribution in [0, 0.1) is 0 Å². The van der Waals surface area contributed by atoms with E-state index >= 15 is 0 Å². The van der Waals surface area contributed by atoms with Gasteiger partial charge in [0.1, 0.15) is 0 Å². The third-order valence-corrected chi connectivity index (χ3v) is 2.89. The van der Waals surface area contributed by atoms with Gasteiger partial charge >= 0.3 is 41.2 Å². The summed E-state index contributed by atoms with van der Waals surface area (Å²) in [5.41, 5.74) is 0. The molecular weight excluding hydrogens is 335 g/mol. The maximum absolute atomic E-state index is 12.4. The molecule has 15 heteroatoms. The molecule has 0 radical (unpaired) electrons. The van der Waals surface area contributed by atoms with Crippen LogP contribution in [0.4, 0.5) is 35.1 Å². The minimum Gasteiger partial charge on any atom is -1.00 e. The van der Waals surface area contributed by atoms with E-state index in [1.54, 1.807) is 0 Å². The van der Waals surface area contributed by atoms with Crippen LogP contribution in [-0.4, -0.2) is 39.9 Å². The molecule has 0 N–H and O–H groups in total. The Labute approximate surface area is 118 Å². The summed E-state index contributed by atoms with van der Waals surface area (Å²) in [6, 6.07) is 0. The van der Waals surface area contributed by atoms with Gasteiger partial charge in [-0.2, -0.15) is 35.1 Å². The third kappa shape index (κ3) is 3.13. The van der Waals surface area contributed by atoms with Gasteiger partial charge in [-0.3, -0.25) is 8.42 Å². The van der Waals surface area contributed by atoms with Crippen molar-refractivity contribution in [3.63, 3.8) is 0 Å². The molecule has 2 unspecified atom stereocenters. The zero-order valence-electron chi connectivity index (χ0n) is 9.47. The Morgan fingerprint density at radius 3 is 0.947 bits per heavy atom. The SMILES string of the molecule is O=S([O-])C(F)(F)C(F)(F)C(F)(F)C(F)(F)S(=O)[O-].[H-].[Li+]. The molecule has 0 aromatic rings. The zero-order chi connectivity index (χ0) is 15.2. The van der Waals surface area contributed by atoms with Gasteiger partial charge in [0.15, 0.2) is 0 Å². The van der Waals surface area contributed by atoms with Crippen LogP contribution in [0.15, 0.2) is 0 Å². The molecular formula is C4HF8LiO4S2-2. The zero-order valence-corrected chi connectivity index (χ0v) is 10.1. The monoisotopic (exact) mass is 336 g/mol. The van der Waals surface area contributed by atoms with Crippen molar-refractivity contribution in [2.45, 2.75) is 22.4 Å². The van der Waals surface area contributed by atoms with Crippen molar-refractivity contribution >= 4 is 22.2 Å². The summed E-state index contributed by atoms with van der Waals surface area (Å²) >= 11 is -10.4. The standard InChI is InChI=1S/C4H2F8O4S2.Li.H/c5-1(6,3(9,10)17(13)14)2(7,8)4(11,12)18(15)16;;/h(H,13,14)(H,15,16);;/q;+1;-1/p-2. The molecule has 0 amide bonds. The van der Waals surface area contributed by atoms with E-state index < -0.39 is 44.5 Å². The summed E-state index contributed by atoms with van der Waals surface area (Å²) in [4.78, 5) is 0. The van der Waals surface area contributed by atoms with Gasteiger partial charge in [0.2, 0.25) is 0 Å². The van der Waals surface area contributed by atoms with E-state index in [1.165, 1.54) is 0 Å². The first-order valence-corrected chi connectivity index (χ1v) is 5.49. The fraction of sp³-hybridized carbons (Fsp3) is 1.00. The Hall–Kier alpha value is 0.257. The van der Waals surface area contributed by atoms with Gasteiger partial charge in [-0.1, -0.05) is 0 Å². The van der Waals surface area contributed by atoms with Crippen molar-refractivity contribution in [3.8, 4) is 0 Å². The predicted molar refractivity (Wildman–Crippen MR) is 38.7 cm³/mol. The third-order valence-electron chi connectivity index (χ3n) is 1.54. The van der Waals surface area contributed by atoms with Crippen molar-refractivity contribution in [1.29, 1.82) is 0 Å². The Kier molecular flexibility index (Phi) is 6.74. The molecule has 0 fully saturated rings. The fourth-order valence-electron chi connectivity index (χ4n) is 0.575. The molecule has 112 valence electrons.